The molecule has 5 nitrogen and oxygen atoms in total. The van der Waals surface area contributed by atoms with Gasteiger partial charge in [-0.25, -0.2) is 0 Å². The van der Waals surface area contributed by atoms with Crippen molar-refractivity contribution in [2.75, 3.05) is 13.1 Å². The smallest absolute Gasteiger partial charge is 0.308 e. The van der Waals surface area contributed by atoms with Crippen LogP contribution < -0.4 is 0 Å². The van der Waals surface area contributed by atoms with E-state index in [1.165, 1.54) is 0 Å². The monoisotopic (exact) mass is 234 g/mol. The van der Waals surface area contributed by atoms with Crippen molar-refractivity contribution in [2.45, 2.75) is 12.8 Å². The van der Waals surface area contributed by atoms with Gasteiger partial charge >= 0.3 is 5.97 Å². The largest absolute Gasteiger partial charge is 0.481 e. The highest BCUT2D eigenvalue weighted by molar-refractivity contribution is 5.86. The molecule has 0 spiro atoms. The van der Waals surface area contributed by atoms with Crippen molar-refractivity contribution < 1.29 is 14.7 Å². The number of carboxylic acids is 1. The lowest BCUT2D eigenvalue weighted by Gasteiger charge is -2.15. The number of carbonyl (C=O) groups is 2. The van der Waals surface area contributed by atoms with Crippen molar-refractivity contribution in [3.63, 3.8) is 0 Å². The number of carboxylic acid groups (broad SMARTS) is 1. The number of likely N-dealkylation sites (tertiary alicyclic amines) is 1. The molecule has 1 atom stereocenters. The number of carbonyl (C=O) groups excluding carboxylic acids is 1. The lowest BCUT2D eigenvalue weighted by molar-refractivity contribution is -0.141. The number of nitrogens with zero attached hydrogens (tertiary/aromatic N) is 2. The fraction of sp³-hybridized carbons (Fsp3) is 0.417. The van der Waals surface area contributed by atoms with Gasteiger partial charge in [0.05, 0.1) is 5.92 Å². The van der Waals surface area contributed by atoms with Crippen LogP contribution in [0.2, 0.25) is 0 Å². The molecule has 1 saturated heterocycles. The lowest BCUT2D eigenvalue weighted by Crippen LogP contribution is -2.28. The van der Waals surface area contributed by atoms with Gasteiger partial charge in [0.1, 0.15) is 0 Å². The summed E-state index contributed by atoms with van der Waals surface area (Å²) in [5, 5.41) is 8.84. The van der Waals surface area contributed by atoms with E-state index in [1.807, 2.05) is 18.2 Å². The quantitative estimate of drug-likeness (QED) is 0.826. The third-order valence-electron chi connectivity index (χ3n) is 2.93. The Kier molecular flexibility index (Phi) is 3.37. The second kappa shape index (κ2) is 4.95. The molecule has 2 rings (SSSR count). The van der Waals surface area contributed by atoms with Gasteiger partial charge in [-0.3, -0.25) is 14.6 Å². The van der Waals surface area contributed by atoms with Crippen LogP contribution in [0.15, 0.2) is 24.4 Å². The molecule has 1 aliphatic rings. The van der Waals surface area contributed by atoms with E-state index in [4.69, 9.17) is 5.11 Å². The Bertz CT molecular complexity index is 419. The SMILES string of the molecule is O=C(O)C1CC(=O)N(CCc2ccccn2)C1. The minimum absolute atomic E-state index is 0.0756. The topological polar surface area (TPSA) is 70.5 Å². The zero-order valence-electron chi connectivity index (χ0n) is 9.37. The summed E-state index contributed by atoms with van der Waals surface area (Å²) in [6.07, 6.45) is 2.50. The van der Waals surface area contributed by atoms with Crippen molar-refractivity contribution in [1.82, 2.24) is 9.88 Å². The van der Waals surface area contributed by atoms with E-state index in [2.05, 4.69) is 4.98 Å². The number of hydrogen-bond donors (Lipinski definition) is 1. The summed E-state index contributed by atoms with van der Waals surface area (Å²) in [5.74, 6) is -1.52. The molecule has 0 aromatic carbocycles. The van der Waals surface area contributed by atoms with Crippen LogP contribution in [0.1, 0.15) is 12.1 Å². The second-order valence-electron chi connectivity index (χ2n) is 4.15. The average Bonchev–Trinajstić information content (AvgIpc) is 2.70. The lowest BCUT2D eigenvalue weighted by atomic mass is 10.1. The minimum atomic E-state index is -0.890. The molecule has 1 fully saturated rings. The van der Waals surface area contributed by atoms with Gasteiger partial charge in [-0.1, -0.05) is 6.07 Å². The summed E-state index contributed by atoms with van der Waals surface area (Å²) < 4.78 is 0. The normalized spacial score (nSPS) is 19.6. The molecular weight excluding hydrogens is 220 g/mol. The van der Waals surface area contributed by atoms with Crippen LogP contribution in [0.5, 0.6) is 0 Å². The zero-order chi connectivity index (χ0) is 12.3. The van der Waals surface area contributed by atoms with Crippen molar-refractivity contribution in [1.29, 1.82) is 0 Å². The van der Waals surface area contributed by atoms with Crippen molar-refractivity contribution in [2.24, 2.45) is 5.92 Å². The van der Waals surface area contributed by atoms with Gasteiger partial charge < -0.3 is 10.0 Å². The molecule has 1 amide bonds. The van der Waals surface area contributed by atoms with E-state index in [-0.39, 0.29) is 12.3 Å². The van der Waals surface area contributed by atoms with Crippen molar-refractivity contribution >= 4 is 11.9 Å². The molecule has 1 aliphatic heterocycles. The molecular formula is C12H14N2O3. The molecule has 1 aromatic heterocycles. The molecule has 1 unspecified atom stereocenters. The van der Waals surface area contributed by atoms with Crippen LogP contribution in [0.4, 0.5) is 0 Å². The van der Waals surface area contributed by atoms with Crippen molar-refractivity contribution in [3.05, 3.63) is 30.1 Å². The molecule has 0 aliphatic carbocycles. The highest BCUT2D eigenvalue weighted by atomic mass is 16.4. The third kappa shape index (κ3) is 2.81. The van der Waals surface area contributed by atoms with Crippen LogP contribution >= 0.6 is 0 Å². The van der Waals surface area contributed by atoms with E-state index in [0.29, 0.717) is 19.5 Å². The van der Waals surface area contributed by atoms with E-state index in [1.54, 1.807) is 11.1 Å². The summed E-state index contributed by atoms with van der Waals surface area (Å²) in [6.45, 7) is 0.862. The van der Waals surface area contributed by atoms with E-state index < -0.39 is 11.9 Å². The van der Waals surface area contributed by atoms with Crippen LogP contribution in [0.3, 0.4) is 0 Å². The Morgan fingerprint density at radius 3 is 2.94 bits per heavy atom. The zero-order valence-corrected chi connectivity index (χ0v) is 9.37. The maximum atomic E-state index is 11.6. The van der Waals surface area contributed by atoms with Gasteiger partial charge in [0.15, 0.2) is 0 Å². The Balaban J connectivity index is 1.88. The first kappa shape index (κ1) is 11.6. The summed E-state index contributed by atoms with van der Waals surface area (Å²) in [6, 6.07) is 5.63. The molecule has 0 bridgehead atoms. The number of rotatable bonds is 4. The maximum absolute atomic E-state index is 11.6. The molecule has 17 heavy (non-hydrogen) atoms. The van der Waals surface area contributed by atoms with Gasteiger partial charge in [0.2, 0.25) is 5.91 Å². The number of pyridine rings is 1. The Morgan fingerprint density at radius 1 is 1.53 bits per heavy atom. The second-order valence-corrected chi connectivity index (χ2v) is 4.15. The first-order chi connectivity index (χ1) is 8.16. The first-order valence-corrected chi connectivity index (χ1v) is 5.57. The molecule has 1 aromatic rings. The Labute approximate surface area is 99.1 Å². The van der Waals surface area contributed by atoms with Gasteiger partial charge in [-0.15, -0.1) is 0 Å². The summed E-state index contributed by atoms with van der Waals surface area (Å²) in [4.78, 5) is 28.1. The van der Waals surface area contributed by atoms with E-state index >= 15 is 0 Å². The summed E-state index contributed by atoms with van der Waals surface area (Å²) in [7, 11) is 0. The van der Waals surface area contributed by atoms with Gasteiger partial charge in [0, 0.05) is 37.8 Å². The third-order valence-corrected chi connectivity index (χ3v) is 2.93. The molecule has 2 heterocycles. The highest BCUT2D eigenvalue weighted by Gasteiger charge is 2.33. The molecule has 90 valence electrons. The Morgan fingerprint density at radius 2 is 2.35 bits per heavy atom. The number of aliphatic carboxylic acids is 1. The predicted molar refractivity (Wildman–Crippen MR) is 60.3 cm³/mol. The van der Waals surface area contributed by atoms with Gasteiger partial charge in [-0.05, 0) is 12.1 Å². The molecule has 0 radical (unpaired) electrons. The van der Waals surface area contributed by atoms with Crippen LogP contribution in [0.25, 0.3) is 0 Å². The molecule has 0 saturated carbocycles. The van der Waals surface area contributed by atoms with E-state index in [9.17, 15) is 9.59 Å². The molecule has 5 heteroatoms. The van der Waals surface area contributed by atoms with Crippen LogP contribution in [0, 0.1) is 5.92 Å². The number of aromatic nitrogens is 1. The van der Waals surface area contributed by atoms with Crippen molar-refractivity contribution in [3.8, 4) is 0 Å². The fourth-order valence-electron chi connectivity index (χ4n) is 1.95. The minimum Gasteiger partial charge on any atom is -0.481 e. The predicted octanol–water partition coefficient (Wildman–Crippen LogP) is 0.557. The fourth-order valence-corrected chi connectivity index (χ4v) is 1.95. The number of hydrogen-bond acceptors (Lipinski definition) is 3. The summed E-state index contributed by atoms with van der Waals surface area (Å²) in [5.41, 5.74) is 0.916. The summed E-state index contributed by atoms with van der Waals surface area (Å²) >= 11 is 0. The Hall–Kier alpha value is -1.91. The van der Waals surface area contributed by atoms with E-state index in [0.717, 1.165) is 5.69 Å². The maximum Gasteiger partial charge on any atom is 0.308 e. The molecule has 1 N–H and O–H groups in total. The van der Waals surface area contributed by atoms with Gasteiger partial charge in [-0.2, -0.15) is 0 Å². The standard InChI is InChI=1S/C12H14N2O3/c15-11-7-9(12(16)17)8-14(11)6-4-10-3-1-2-5-13-10/h1-3,5,9H,4,6-8H2,(H,16,17). The van der Waals surface area contributed by atoms with Crippen LogP contribution in [-0.2, 0) is 16.0 Å². The first-order valence-electron chi connectivity index (χ1n) is 5.57. The average molecular weight is 234 g/mol. The van der Waals surface area contributed by atoms with Crippen LogP contribution in [-0.4, -0.2) is 40.0 Å². The number of amides is 1. The highest BCUT2D eigenvalue weighted by Crippen LogP contribution is 2.17. The van der Waals surface area contributed by atoms with Gasteiger partial charge in [0.25, 0.3) is 0 Å².